The molecule has 0 heterocycles. The van der Waals surface area contributed by atoms with Gasteiger partial charge in [-0.1, -0.05) is 15.9 Å². The molecule has 0 aliphatic rings. The molecule has 0 atom stereocenters. The molecule has 0 unspecified atom stereocenters. The lowest BCUT2D eigenvalue weighted by atomic mass is 10.1. The number of hydrogen-bond donors (Lipinski definition) is 1. The molecule has 0 aliphatic carbocycles. The first kappa shape index (κ1) is 14.6. The summed E-state index contributed by atoms with van der Waals surface area (Å²) in [5.74, 6) is 1.24. The predicted octanol–water partition coefficient (Wildman–Crippen LogP) is 1.84. The van der Waals surface area contributed by atoms with E-state index in [1.807, 2.05) is 0 Å². The molecule has 18 heavy (non-hydrogen) atoms. The Bertz CT molecular complexity index is 423. The van der Waals surface area contributed by atoms with Gasteiger partial charge in [0.15, 0.2) is 11.5 Å². The molecule has 5 nitrogen and oxygen atoms in total. The minimum absolute atomic E-state index is 0.216. The SMILES string of the molecule is COc1cc(OC)c(C(=O)NCCBr)cc1OC. The van der Waals surface area contributed by atoms with Crippen LogP contribution in [0.3, 0.4) is 0 Å². The molecular weight excluding hydrogens is 302 g/mol. The average Bonchev–Trinajstić information content (AvgIpc) is 2.42. The Kier molecular flexibility index (Phi) is 5.77. The number of carbonyl (C=O) groups excluding carboxylic acids is 1. The highest BCUT2D eigenvalue weighted by atomic mass is 79.9. The summed E-state index contributed by atoms with van der Waals surface area (Å²) in [6.07, 6.45) is 0. The van der Waals surface area contributed by atoms with Gasteiger partial charge >= 0.3 is 0 Å². The minimum Gasteiger partial charge on any atom is -0.496 e. The highest BCUT2D eigenvalue weighted by molar-refractivity contribution is 9.09. The third kappa shape index (κ3) is 3.29. The second kappa shape index (κ2) is 7.10. The van der Waals surface area contributed by atoms with Gasteiger partial charge in [0.05, 0.1) is 26.9 Å². The molecule has 1 amide bonds. The van der Waals surface area contributed by atoms with Crippen LogP contribution in [0.15, 0.2) is 12.1 Å². The first-order valence-electron chi connectivity index (χ1n) is 5.32. The van der Waals surface area contributed by atoms with E-state index in [2.05, 4.69) is 21.2 Å². The number of amides is 1. The zero-order valence-corrected chi connectivity index (χ0v) is 12.2. The lowest BCUT2D eigenvalue weighted by Gasteiger charge is -2.13. The number of halogens is 1. The van der Waals surface area contributed by atoms with E-state index in [0.29, 0.717) is 34.7 Å². The van der Waals surface area contributed by atoms with Crippen molar-refractivity contribution >= 4 is 21.8 Å². The van der Waals surface area contributed by atoms with Crippen LogP contribution in [0, 0.1) is 0 Å². The van der Waals surface area contributed by atoms with E-state index < -0.39 is 0 Å². The third-order valence-corrected chi connectivity index (χ3v) is 2.73. The van der Waals surface area contributed by atoms with Crippen LogP contribution in [0.25, 0.3) is 0 Å². The molecule has 0 saturated carbocycles. The van der Waals surface area contributed by atoms with E-state index in [0.717, 1.165) is 0 Å². The van der Waals surface area contributed by atoms with Crippen molar-refractivity contribution in [1.82, 2.24) is 5.32 Å². The Balaban J connectivity index is 3.12. The highest BCUT2D eigenvalue weighted by Gasteiger charge is 2.17. The summed E-state index contributed by atoms with van der Waals surface area (Å²) in [5, 5.41) is 3.44. The maximum atomic E-state index is 11.9. The largest absolute Gasteiger partial charge is 0.496 e. The molecule has 1 N–H and O–H groups in total. The second-order valence-electron chi connectivity index (χ2n) is 3.35. The summed E-state index contributed by atoms with van der Waals surface area (Å²) < 4.78 is 15.5. The van der Waals surface area contributed by atoms with Crippen LogP contribution < -0.4 is 19.5 Å². The molecule has 0 saturated heterocycles. The predicted molar refractivity (Wildman–Crippen MR) is 72.2 cm³/mol. The van der Waals surface area contributed by atoms with Crippen molar-refractivity contribution in [3.63, 3.8) is 0 Å². The lowest BCUT2D eigenvalue weighted by molar-refractivity contribution is 0.0953. The zero-order chi connectivity index (χ0) is 13.5. The Morgan fingerprint density at radius 2 is 1.67 bits per heavy atom. The summed E-state index contributed by atoms with van der Waals surface area (Å²) >= 11 is 3.25. The van der Waals surface area contributed by atoms with Crippen molar-refractivity contribution in [1.29, 1.82) is 0 Å². The van der Waals surface area contributed by atoms with Gasteiger partial charge in [0.2, 0.25) is 0 Å². The molecule has 1 aromatic carbocycles. The van der Waals surface area contributed by atoms with E-state index in [1.165, 1.54) is 21.3 Å². The summed E-state index contributed by atoms with van der Waals surface area (Å²) in [6, 6.07) is 3.23. The van der Waals surface area contributed by atoms with Crippen LogP contribution in [0.2, 0.25) is 0 Å². The maximum Gasteiger partial charge on any atom is 0.255 e. The van der Waals surface area contributed by atoms with Gasteiger partial charge in [-0.25, -0.2) is 0 Å². The fourth-order valence-corrected chi connectivity index (χ4v) is 1.66. The number of rotatable bonds is 6. The Hall–Kier alpha value is -1.43. The Morgan fingerprint density at radius 1 is 1.11 bits per heavy atom. The monoisotopic (exact) mass is 317 g/mol. The molecule has 0 aliphatic heterocycles. The van der Waals surface area contributed by atoms with Crippen LogP contribution in [-0.4, -0.2) is 39.1 Å². The van der Waals surface area contributed by atoms with Gasteiger partial charge in [0.1, 0.15) is 5.75 Å². The lowest BCUT2D eigenvalue weighted by Crippen LogP contribution is -2.25. The van der Waals surface area contributed by atoms with Gasteiger partial charge in [-0.15, -0.1) is 0 Å². The number of alkyl halides is 1. The number of ether oxygens (including phenoxy) is 3. The van der Waals surface area contributed by atoms with Crippen LogP contribution in [0.4, 0.5) is 0 Å². The first-order chi connectivity index (χ1) is 8.67. The van der Waals surface area contributed by atoms with E-state index >= 15 is 0 Å². The van der Waals surface area contributed by atoms with Gasteiger partial charge in [-0.05, 0) is 0 Å². The fraction of sp³-hybridized carbons (Fsp3) is 0.417. The Labute approximate surface area is 115 Å². The van der Waals surface area contributed by atoms with E-state index in [1.54, 1.807) is 12.1 Å². The fourth-order valence-electron chi connectivity index (χ4n) is 1.46. The van der Waals surface area contributed by atoms with Crippen LogP contribution in [-0.2, 0) is 0 Å². The van der Waals surface area contributed by atoms with Gasteiger partial charge in [-0.2, -0.15) is 0 Å². The molecular formula is C12H16BrNO4. The molecule has 1 aromatic rings. The second-order valence-corrected chi connectivity index (χ2v) is 4.15. The van der Waals surface area contributed by atoms with Crippen molar-refractivity contribution in [2.24, 2.45) is 0 Å². The number of benzene rings is 1. The van der Waals surface area contributed by atoms with Gasteiger partial charge in [0.25, 0.3) is 5.91 Å². The molecule has 100 valence electrons. The first-order valence-corrected chi connectivity index (χ1v) is 6.44. The maximum absolute atomic E-state index is 11.9. The van der Waals surface area contributed by atoms with Crippen LogP contribution in [0.1, 0.15) is 10.4 Å². The van der Waals surface area contributed by atoms with Crippen molar-refractivity contribution in [3.8, 4) is 17.2 Å². The van der Waals surface area contributed by atoms with Crippen molar-refractivity contribution in [2.45, 2.75) is 0 Å². The summed E-state index contributed by atoms with van der Waals surface area (Å²) in [6.45, 7) is 0.538. The van der Waals surface area contributed by atoms with Gasteiger partial charge in [-0.3, -0.25) is 4.79 Å². The highest BCUT2D eigenvalue weighted by Crippen LogP contribution is 2.34. The molecule has 0 aromatic heterocycles. The van der Waals surface area contributed by atoms with E-state index in [-0.39, 0.29) is 5.91 Å². The van der Waals surface area contributed by atoms with Crippen molar-refractivity contribution in [2.75, 3.05) is 33.2 Å². The van der Waals surface area contributed by atoms with Gasteiger partial charge < -0.3 is 19.5 Å². The summed E-state index contributed by atoms with van der Waals surface area (Å²) in [5.41, 5.74) is 0.413. The number of methoxy groups -OCH3 is 3. The standard InChI is InChI=1S/C12H16BrNO4/c1-16-9-7-11(18-3)10(17-2)6-8(9)12(15)14-5-4-13/h6-7H,4-5H2,1-3H3,(H,14,15). The number of nitrogens with one attached hydrogen (secondary N) is 1. The van der Waals surface area contributed by atoms with Crippen LogP contribution in [0.5, 0.6) is 17.2 Å². The summed E-state index contributed by atoms with van der Waals surface area (Å²) in [4.78, 5) is 11.9. The van der Waals surface area contributed by atoms with Crippen LogP contribution >= 0.6 is 15.9 Å². The topological polar surface area (TPSA) is 56.8 Å². The minimum atomic E-state index is -0.216. The summed E-state index contributed by atoms with van der Waals surface area (Å²) in [7, 11) is 4.55. The molecule has 0 fully saturated rings. The molecule has 0 radical (unpaired) electrons. The molecule has 1 rings (SSSR count). The normalized spacial score (nSPS) is 9.78. The third-order valence-electron chi connectivity index (χ3n) is 2.33. The Morgan fingerprint density at radius 3 is 2.17 bits per heavy atom. The van der Waals surface area contributed by atoms with Crippen molar-refractivity contribution < 1.29 is 19.0 Å². The van der Waals surface area contributed by atoms with E-state index in [4.69, 9.17) is 14.2 Å². The smallest absolute Gasteiger partial charge is 0.255 e. The zero-order valence-electron chi connectivity index (χ0n) is 10.6. The number of hydrogen-bond acceptors (Lipinski definition) is 4. The molecule has 6 heteroatoms. The van der Waals surface area contributed by atoms with Gasteiger partial charge in [0, 0.05) is 24.0 Å². The molecule has 0 bridgehead atoms. The quantitative estimate of drug-likeness (QED) is 0.813. The van der Waals surface area contributed by atoms with E-state index in [9.17, 15) is 4.79 Å². The van der Waals surface area contributed by atoms with Crippen molar-refractivity contribution in [3.05, 3.63) is 17.7 Å². The molecule has 0 spiro atoms. The number of carbonyl (C=O) groups is 1. The average molecular weight is 318 g/mol.